The van der Waals surface area contributed by atoms with Crippen LogP contribution >= 0.6 is 23.2 Å². The van der Waals surface area contributed by atoms with Gasteiger partial charge in [0.1, 0.15) is 0 Å². The topological polar surface area (TPSA) is 49.3 Å². The number of halogens is 2. The molecule has 1 atom stereocenters. The molecule has 0 aliphatic rings. The maximum absolute atomic E-state index is 11.7. The molecule has 0 aromatic heterocycles. The highest BCUT2D eigenvalue weighted by Gasteiger charge is 2.07. The Morgan fingerprint density at radius 2 is 2.16 bits per heavy atom. The molecule has 19 heavy (non-hydrogen) atoms. The van der Waals surface area contributed by atoms with E-state index in [1.807, 2.05) is 13.0 Å². The summed E-state index contributed by atoms with van der Waals surface area (Å²) in [4.78, 5) is 11.7. The first kappa shape index (κ1) is 16.3. The normalized spacial score (nSPS) is 12.2. The highest BCUT2D eigenvalue weighted by Crippen LogP contribution is 2.21. The summed E-state index contributed by atoms with van der Waals surface area (Å²) in [6, 6.07) is 5.29. The van der Waals surface area contributed by atoms with Crippen molar-refractivity contribution in [1.29, 1.82) is 0 Å². The molecule has 0 spiro atoms. The molecule has 0 fully saturated rings. The van der Waals surface area contributed by atoms with Crippen molar-refractivity contribution < 1.29 is 9.90 Å². The fourth-order valence-electron chi connectivity index (χ4n) is 1.67. The molecule has 1 rings (SSSR count). The summed E-state index contributed by atoms with van der Waals surface area (Å²) >= 11 is 11.8. The first-order chi connectivity index (χ1) is 9.02. The number of hydrogen-bond donors (Lipinski definition) is 2. The van der Waals surface area contributed by atoms with Crippen LogP contribution in [0.25, 0.3) is 0 Å². The standard InChI is InChI=1S/C14H19Cl2NO2/c1-10(6-7-18)9-17-14(19)5-3-11-2-4-12(15)8-13(11)16/h2,4,8,10,18H,3,5-7,9H2,1H3,(H,17,19). The molecule has 0 bridgehead atoms. The molecule has 1 amide bonds. The molecule has 106 valence electrons. The number of rotatable bonds is 7. The number of carbonyl (C=O) groups is 1. The molecule has 1 aromatic rings. The van der Waals surface area contributed by atoms with Crippen LogP contribution in [0.3, 0.4) is 0 Å². The van der Waals surface area contributed by atoms with Gasteiger partial charge in [-0.3, -0.25) is 4.79 Å². The van der Waals surface area contributed by atoms with E-state index in [9.17, 15) is 4.79 Å². The van der Waals surface area contributed by atoms with Crippen molar-refractivity contribution in [3.63, 3.8) is 0 Å². The van der Waals surface area contributed by atoms with Crippen LogP contribution in [-0.2, 0) is 11.2 Å². The van der Waals surface area contributed by atoms with E-state index in [0.29, 0.717) is 35.9 Å². The maximum Gasteiger partial charge on any atom is 0.220 e. The summed E-state index contributed by atoms with van der Waals surface area (Å²) in [6.45, 7) is 2.73. The highest BCUT2D eigenvalue weighted by molar-refractivity contribution is 6.35. The van der Waals surface area contributed by atoms with Crippen molar-refractivity contribution in [2.24, 2.45) is 5.92 Å². The zero-order chi connectivity index (χ0) is 14.3. The zero-order valence-electron chi connectivity index (χ0n) is 11.0. The van der Waals surface area contributed by atoms with E-state index < -0.39 is 0 Å². The number of benzene rings is 1. The Morgan fingerprint density at radius 3 is 2.79 bits per heavy atom. The van der Waals surface area contributed by atoms with Crippen molar-refractivity contribution >= 4 is 29.1 Å². The van der Waals surface area contributed by atoms with Gasteiger partial charge in [0, 0.05) is 29.6 Å². The van der Waals surface area contributed by atoms with E-state index >= 15 is 0 Å². The third-order valence-corrected chi connectivity index (χ3v) is 3.49. The van der Waals surface area contributed by atoms with Gasteiger partial charge in [0.15, 0.2) is 0 Å². The lowest BCUT2D eigenvalue weighted by molar-refractivity contribution is -0.121. The molecular formula is C14H19Cl2NO2. The quantitative estimate of drug-likeness (QED) is 0.813. The molecule has 0 saturated heterocycles. The molecule has 0 radical (unpaired) electrons. The lowest BCUT2D eigenvalue weighted by Gasteiger charge is -2.11. The molecule has 2 N–H and O–H groups in total. The maximum atomic E-state index is 11.7. The summed E-state index contributed by atoms with van der Waals surface area (Å²) in [5, 5.41) is 12.8. The van der Waals surface area contributed by atoms with Crippen LogP contribution in [0.2, 0.25) is 10.0 Å². The number of aliphatic hydroxyl groups excluding tert-OH is 1. The second-order valence-corrected chi connectivity index (χ2v) is 5.50. The molecule has 0 aliphatic heterocycles. The number of aryl methyl sites for hydroxylation is 1. The predicted molar refractivity (Wildman–Crippen MR) is 78.7 cm³/mol. The van der Waals surface area contributed by atoms with Crippen LogP contribution in [0.5, 0.6) is 0 Å². The molecule has 0 aliphatic carbocycles. The van der Waals surface area contributed by atoms with Crippen LogP contribution < -0.4 is 5.32 Å². The molecular weight excluding hydrogens is 285 g/mol. The van der Waals surface area contributed by atoms with Gasteiger partial charge in [0.25, 0.3) is 0 Å². The second kappa shape index (κ2) is 8.41. The van der Waals surface area contributed by atoms with Crippen LogP contribution in [0.4, 0.5) is 0 Å². The Morgan fingerprint density at radius 1 is 1.42 bits per heavy atom. The van der Waals surface area contributed by atoms with Crippen molar-refractivity contribution in [2.45, 2.75) is 26.2 Å². The fraction of sp³-hybridized carbons (Fsp3) is 0.500. The fourth-order valence-corrected chi connectivity index (χ4v) is 2.17. The average Bonchev–Trinajstić information content (AvgIpc) is 2.35. The lowest BCUT2D eigenvalue weighted by Crippen LogP contribution is -2.28. The summed E-state index contributed by atoms with van der Waals surface area (Å²) in [6.07, 6.45) is 1.69. The molecule has 3 nitrogen and oxygen atoms in total. The van der Waals surface area contributed by atoms with Gasteiger partial charge in [-0.05, 0) is 36.5 Å². The van der Waals surface area contributed by atoms with Gasteiger partial charge in [-0.2, -0.15) is 0 Å². The van der Waals surface area contributed by atoms with E-state index in [-0.39, 0.29) is 18.4 Å². The van der Waals surface area contributed by atoms with Crippen LogP contribution in [-0.4, -0.2) is 24.2 Å². The van der Waals surface area contributed by atoms with Crippen molar-refractivity contribution in [2.75, 3.05) is 13.2 Å². The molecule has 5 heteroatoms. The monoisotopic (exact) mass is 303 g/mol. The smallest absolute Gasteiger partial charge is 0.220 e. The highest BCUT2D eigenvalue weighted by atomic mass is 35.5. The Labute approximate surface area is 123 Å². The first-order valence-corrected chi connectivity index (χ1v) is 7.10. The van der Waals surface area contributed by atoms with Crippen LogP contribution in [0, 0.1) is 5.92 Å². The number of aliphatic hydroxyl groups is 1. The SMILES string of the molecule is CC(CCO)CNC(=O)CCc1ccc(Cl)cc1Cl. The largest absolute Gasteiger partial charge is 0.396 e. The lowest BCUT2D eigenvalue weighted by atomic mass is 10.1. The molecule has 0 saturated carbocycles. The Hall–Kier alpha value is -0.770. The summed E-state index contributed by atoms with van der Waals surface area (Å²) in [5.41, 5.74) is 0.921. The third kappa shape index (κ3) is 6.28. The first-order valence-electron chi connectivity index (χ1n) is 6.34. The van der Waals surface area contributed by atoms with Gasteiger partial charge >= 0.3 is 0 Å². The Kier molecular flexibility index (Phi) is 7.21. The molecule has 1 aromatic carbocycles. The minimum absolute atomic E-state index is 0.00388. The summed E-state index contributed by atoms with van der Waals surface area (Å²) < 4.78 is 0. The number of nitrogens with one attached hydrogen (secondary N) is 1. The third-order valence-electron chi connectivity index (χ3n) is 2.91. The van der Waals surface area contributed by atoms with Gasteiger partial charge in [-0.1, -0.05) is 36.2 Å². The van der Waals surface area contributed by atoms with E-state index in [2.05, 4.69) is 5.32 Å². The van der Waals surface area contributed by atoms with Crippen molar-refractivity contribution in [1.82, 2.24) is 5.32 Å². The van der Waals surface area contributed by atoms with Crippen LogP contribution in [0.15, 0.2) is 18.2 Å². The predicted octanol–water partition coefficient (Wildman–Crippen LogP) is 3.06. The van der Waals surface area contributed by atoms with Crippen molar-refractivity contribution in [3.05, 3.63) is 33.8 Å². The van der Waals surface area contributed by atoms with E-state index in [0.717, 1.165) is 5.56 Å². The van der Waals surface area contributed by atoms with Gasteiger partial charge < -0.3 is 10.4 Å². The summed E-state index contributed by atoms with van der Waals surface area (Å²) in [5.74, 6) is 0.281. The van der Waals surface area contributed by atoms with Crippen molar-refractivity contribution in [3.8, 4) is 0 Å². The van der Waals surface area contributed by atoms with Crippen LogP contribution in [0.1, 0.15) is 25.3 Å². The Bertz CT molecular complexity index is 424. The van der Waals surface area contributed by atoms with Gasteiger partial charge in [-0.15, -0.1) is 0 Å². The van der Waals surface area contributed by atoms with E-state index in [4.69, 9.17) is 28.3 Å². The number of carbonyl (C=O) groups excluding carboxylic acids is 1. The average molecular weight is 304 g/mol. The van der Waals surface area contributed by atoms with Gasteiger partial charge in [-0.25, -0.2) is 0 Å². The van der Waals surface area contributed by atoms with Gasteiger partial charge in [0.05, 0.1) is 0 Å². The second-order valence-electron chi connectivity index (χ2n) is 4.66. The minimum Gasteiger partial charge on any atom is -0.396 e. The summed E-state index contributed by atoms with van der Waals surface area (Å²) in [7, 11) is 0. The number of amides is 1. The zero-order valence-corrected chi connectivity index (χ0v) is 12.5. The van der Waals surface area contributed by atoms with Gasteiger partial charge in [0.2, 0.25) is 5.91 Å². The Balaban J connectivity index is 2.33. The molecule has 0 heterocycles. The van der Waals surface area contributed by atoms with E-state index in [1.54, 1.807) is 12.1 Å². The van der Waals surface area contributed by atoms with E-state index in [1.165, 1.54) is 0 Å². The number of hydrogen-bond acceptors (Lipinski definition) is 2. The minimum atomic E-state index is -0.00388. The molecule has 1 unspecified atom stereocenters.